The number of Topliss-reactive ketones (excluding diaryl/α,β-unsaturated/α-hetero) is 1. The van der Waals surface area contributed by atoms with E-state index in [1.54, 1.807) is 20.1 Å². The largest absolute Gasteiger partial charge is 0.497 e. The average molecular weight is 561 g/mol. The summed E-state index contributed by atoms with van der Waals surface area (Å²) in [4.78, 5) is 26.9. The third-order valence-electron chi connectivity index (χ3n) is 11.1. The highest BCUT2D eigenvalue weighted by Crippen LogP contribution is 2.76. The normalized spacial score (nSPS) is 37.6. The summed E-state index contributed by atoms with van der Waals surface area (Å²) in [6.45, 7) is 9.21. The first kappa shape index (κ1) is 28.1. The van der Waals surface area contributed by atoms with Crippen LogP contribution in [0.25, 0.3) is 10.8 Å². The second kappa shape index (κ2) is 9.00. The number of carbonyl (C=O) groups excluding carboxylic acids is 2. The molecule has 6 rings (SSSR count). The zero-order valence-corrected chi connectivity index (χ0v) is 24.6. The van der Waals surface area contributed by atoms with Crippen molar-refractivity contribution in [2.45, 2.75) is 70.2 Å². The molecule has 7 nitrogen and oxygen atoms in total. The molecule has 3 N–H and O–H groups in total. The van der Waals surface area contributed by atoms with Crippen molar-refractivity contribution in [1.82, 2.24) is 0 Å². The summed E-state index contributed by atoms with van der Waals surface area (Å²) in [5, 5.41) is 36.4. The van der Waals surface area contributed by atoms with Gasteiger partial charge < -0.3 is 24.8 Å². The molecule has 2 fully saturated rings. The van der Waals surface area contributed by atoms with Crippen LogP contribution in [0.15, 0.2) is 59.7 Å². The van der Waals surface area contributed by atoms with E-state index in [2.05, 4.69) is 13.8 Å². The minimum atomic E-state index is -1.81. The second-order valence-corrected chi connectivity index (χ2v) is 13.5. The number of ether oxygens (including phenoxy) is 2. The first-order valence-corrected chi connectivity index (χ1v) is 14.5. The van der Waals surface area contributed by atoms with Crippen LogP contribution in [0.5, 0.6) is 5.75 Å². The molecule has 0 saturated heterocycles. The lowest BCUT2D eigenvalue weighted by atomic mass is 9.60. The Balaban J connectivity index is 1.34. The fourth-order valence-corrected chi connectivity index (χ4v) is 8.64. The van der Waals surface area contributed by atoms with Crippen molar-refractivity contribution in [1.29, 1.82) is 0 Å². The van der Waals surface area contributed by atoms with Crippen LogP contribution in [0, 0.1) is 29.1 Å². The molecule has 2 aromatic carbocycles. The Hall–Kier alpha value is -3.00. The monoisotopic (exact) mass is 560 g/mol. The van der Waals surface area contributed by atoms with Gasteiger partial charge in [0.25, 0.3) is 0 Å². The Labute approximate surface area is 240 Å². The van der Waals surface area contributed by atoms with E-state index in [0.29, 0.717) is 17.6 Å². The molecule has 2 aromatic rings. The van der Waals surface area contributed by atoms with Gasteiger partial charge in [-0.25, -0.2) is 0 Å². The molecular formula is C34H40O7. The fraction of sp³-hybridized carbons (Fsp3) is 0.529. The number of carbonyl (C=O) groups is 2. The smallest absolute Gasteiger partial charge is 0.313 e. The molecule has 0 aromatic heterocycles. The van der Waals surface area contributed by atoms with Gasteiger partial charge in [0.15, 0.2) is 5.78 Å². The summed E-state index contributed by atoms with van der Waals surface area (Å²) in [6, 6.07) is 11.8. The number of aliphatic hydroxyl groups excluding tert-OH is 1. The summed E-state index contributed by atoms with van der Waals surface area (Å²) in [7, 11) is 1.62. The molecule has 218 valence electrons. The van der Waals surface area contributed by atoms with Gasteiger partial charge in [-0.2, -0.15) is 0 Å². The van der Waals surface area contributed by atoms with Crippen LogP contribution < -0.4 is 4.74 Å². The zero-order chi connectivity index (χ0) is 29.7. The van der Waals surface area contributed by atoms with Gasteiger partial charge in [-0.1, -0.05) is 57.2 Å². The molecule has 0 heterocycles. The number of methoxy groups -OCH3 is 1. The van der Waals surface area contributed by atoms with E-state index in [-0.39, 0.29) is 24.9 Å². The van der Waals surface area contributed by atoms with Gasteiger partial charge in [0.05, 0.1) is 25.2 Å². The van der Waals surface area contributed by atoms with Crippen LogP contribution in [0.1, 0.15) is 58.9 Å². The standard InChI is InChI=1S/C34H40O7/c1-18-11-27-32(38,29(18)36)16-21(17-35)12-26-28-31(4,5)33(28,15-19(2)34(26,27)39)41-30(37)20(3)23-8-7-22-9-10-25(40-6)14-24(22)13-23/h7-14,19-20,26-28,35,38-39H,15-17H2,1-6H3/t19-,20+,26+,27-,28-,32-,33+,34-/m1/s1. The summed E-state index contributed by atoms with van der Waals surface area (Å²) < 4.78 is 11.9. The molecule has 0 spiro atoms. The molecule has 0 amide bonds. The van der Waals surface area contributed by atoms with E-state index in [1.807, 2.05) is 56.3 Å². The van der Waals surface area contributed by atoms with E-state index in [9.17, 15) is 24.9 Å². The van der Waals surface area contributed by atoms with Gasteiger partial charge in [0.2, 0.25) is 0 Å². The van der Waals surface area contributed by atoms with E-state index in [0.717, 1.165) is 22.1 Å². The van der Waals surface area contributed by atoms with Crippen molar-refractivity contribution in [3.8, 4) is 5.75 Å². The molecule has 4 aliphatic carbocycles. The molecule has 2 saturated carbocycles. The lowest BCUT2D eigenvalue weighted by molar-refractivity contribution is -0.187. The highest BCUT2D eigenvalue weighted by Gasteiger charge is 2.83. The summed E-state index contributed by atoms with van der Waals surface area (Å²) in [6.07, 6.45) is 3.94. The molecular weight excluding hydrogens is 520 g/mol. The van der Waals surface area contributed by atoms with E-state index < -0.39 is 51.7 Å². The number of ketones is 1. The molecule has 0 aliphatic heterocycles. The first-order valence-electron chi connectivity index (χ1n) is 14.5. The van der Waals surface area contributed by atoms with E-state index in [1.165, 1.54) is 0 Å². The highest BCUT2D eigenvalue weighted by molar-refractivity contribution is 6.04. The first-order chi connectivity index (χ1) is 19.2. The third-order valence-corrected chi connectivity index (χ3v) is 11.1. The molecule has 0 bridgehead atoms. The number of hydrogen-bond donors (Lipinski definition) is 3. The number of rotatable bonds is 5. The quantitative estimate of drug-likeness (QED) is 0.365. The topological polar surface area (TPSA) is 113 Å². The number of aliphatic hydroxyl groups is 3. The van der Waals surface area contributed by atoms with Crippen molar-refractivity contribution in [2.24, 2.45) is 29.1 Å². The van der Waals surface area contributed by atoms with Crippen LogP contribution in [-0.4, -0.2) is 57.6 Å². The molecule has 4 aliphatic rings. The van der Waals surface area contributed by atoms with Crippen molar-refractivity contribution in [3.05, 3.63) is 65.3 Å². The molecule has 0 unspecified atom stereocenters. The average Bonchev–Trinajstić information content (AvgIpc) is 3.35. The van der Waals surface area contributed by atoms with Gasteiger partial charge in [-0.3, -0.25) is 9.59 Å². The minimum Gasteiger partial charge on any atom is -0.497 e. The number of esters is 1. The van der Waals surface area contributed by atoms with Crippen molar-refractivity contribution < 1.29 is 34.4 Å². The Morgan fingerprint density at radius 3 is 2.49 bits per heavy atom. The lowest BCUT2D eigenvalue weighted by Crippen LogP contribution is -2.61. The van der Waals surface area contributed by atoms with E-state index >= 15 is 0 Å². The van der Waals surface area contributed by atoms with E-state index in [4.69, 9.17) is 9.47 Å². The maximum absolute atomic E-state index is 13.8. The predicted octanol–water partition coefficient (Wildman–Crippen LogP) is 4.48. The Morgan fingerprint density at radius 1 is 1.10 bits per heavy atom. The predicted molar refractivity (Wildman–Crippen MR) is 154 cm³/mol. The summed E-state index contributed by atoms with van der Waals surface area (Å²) >= 11 is 0. The summed E-state index contributed by atoms with van der Waals surface area (Å²) in [5.74, 6) is -2.49. The van der Waals surface area contributed by atoms with Gasteiger partial charge in [-0.05, 0) is 65.8 Å². The van der Waals surface area contributed by atoms with Crippen molar-refractivity contribution >= 4 is 22.5 Å². The Kier molecular flexibility index (Phi) is 6.17. The maximum Gasteiger partial charge on any atom is 0.313 e. The van der Waals surface area contributed by atoms with Crippen LogP contribution >= 0.6 is 0 Å². The van der Waals surface area contributed by atoms with Gasteiger partial charge in [0, 0.05) is 29.6 Å². The van der Waals surface area contributed by atoms with Gasteiger partial charge in [-0.15, -0.1) is 0 Å². The van der Waals surface area contributed by atoms with Crippen molar-refractivity contribution in [2.75, 3.05) is 13.7 Å². The molecule has 41 heavy (non-hydrogen) atoms. The van der Waals surface area contributed by atoms with Crippen LogP contribution in [0.2, 0.25) is 0 Å². The number of benzene rings is 2. The number of fused-ring (bicyclic) bond motifs is 6. The number of hydrogen-bond acceptors (Lipinski definition) is 7. The highest BCUT2D eigenvalue weighted by atomic mass is 16.6. The second-order valence-electron chi connectivity index (χ2n) is 13.5. The Morgan fingerprint density at radius 2 is 1.80 bits per heavy atom. The van der Waals surface area contributed by atoms with Gasteiger partial charge >= 0.3 is 5.97 Å². The third kappa shape index (κ3) is 3.68. The SMILES string of the molecule is COc1ccc2ccc([C@H](C)C(=O)O[C@@]34C[C@@H](C)[C@@]5(O)[C@@H](C=C(CO)C[C@]6(O)C(=O)C(C)=C[C@@H]56)[C@@H]3C4(C)C)cc2c1. The van der Waals surface area contributed by atoms with Gasteiger partial charge in [0.1, 0.15) is 17.0 Å². The van der Waals surface area contributed by atoms with Crippen molar-refractivity contribution in [3.63, 3.8) is 0 Å². The van der Waals surface area contributed by atoms with Crippen LogP contribution in [0.4, 0.5) is 0 Å². The zero-order valence-electron chi connectivity index (χ0n) is 24.6. The minimum absolute atomic E-state index is 0.0317. The molecule has 0 radical (unpaired) electrons. The molecule has 8 atom stereocenters. The fourth-order valence-electron chi connectivity index (χ4n) is 8.64. The van der Waals surface area contributed by atoms with Crippen LogP contribution in [0.3, 0.4) is 0 Å². The molecule has 7 heteroatoms. The lowest BCUT2D eigenvalue weighted by Gasteiger charge is -2.50. The maximum atomic E-state index is 13.8. The summed E-state index contributed by atoms with van der Waals surface area (Å²) in [5.41, 5.74) is -2.76. The van der Waals surface area contributed by atoms with Crippen LogP contribution in [-0.2, 0) is 14.3 Å². The Bertz CT molecular complexity index is 1520.